The molecule has 0 radical (unpaired) electrons. The Hall–Kier alpha value is -1.10. The van der Waals surface area contributed by atoms with Gasteiger partial charge in [-0.2, -0.15) is 0 Å². The van der Waals surface area contributed by atoms with Crippen LogP contribution in [0.5, 0.6) is 5.75 Å². The fourth-order valence-electron chi connectivity index (χ4n) is 1.95. The Morgan fingerprint density at radius 2 is 2.24 bits per heavy atom. The molecule has 0 aliphatic carbocycles. The molecule has 94 valence electrons. The first-order valence-corrected chi connectivity index (χ1v) is 5.91. The number of para-hydroxylation sites is 1. The summed E-state index contributed by atoms with van der Waals surface area (Å²) in [4.78, 5) is 0. The molecular formula is C13H19NO3. The molecular weight excluding hydrogens is 218 g/mol. The van der Waals surface area contributed by atoms with Gasteiger partial charge in [0.15, 0.2) is 0 Å². The molecule has 0 spiro atoms. The van der Waals surface area contributed by atoms with Gasteiger partial charge >= 0.3 is 0 Å². The molecule has 1 aromatic rings. The van der Waals surface area contributed by atoms with Crippen LogP contribution in [0.25, 0.3) is 0 Å². The highest BCUT2D eigenvalue weighted by Crippen LogP contribution is 2.31. The van der Waals surface area contributed by atoms with Gasteiger partial charge in [-0.25, -0.2) is 0 Å². The van der Waals surface area contributed by atoms with Gasteiger partial charge in [0, 0.05) is 24.6 Å². The Bertz CT molecular complexity index is 379. The number of fused-ring (bicyclic) bond motifs is 1. The van der Waals surface area contributed by atoms with E-state index in [-0.39, 0.29) is 12.6 Å². The fraction of sp³-hybridized carbons (Fsp3) is 0.538. The van der Waals surface area contributed by atoms with Crippen molar-refractivity contribution in [2.24, 2.45) is 0 Å². The van der Waals surface area contributed by atoms with E-state index in [0.29, 0.717) is 13.2 Å². The van der Waals surface area contributed by atoms with Gasteiger partial charge in [-0.15, -0.1) is 0 Å². The van der Waals surface area contributed by atoms with Gasteiger partial charge in [0.05, 0.1) is 18.8 Å². The number of nitrogens with one attached hydrogen (secondary N) is 1. The second-order valence-electron chi connectivity index (χ2n) is 4.76. The summed E-state index contributed by atoms with van der Waals surface area (Å²) in [5.41, 5.74) is 0.0419. The lowest BCUT2D eigenvalue weighted by molar-refractivity contribution is -0.000250. The van der Waals surface area contributed by atoms with Crippen LogP contribution in [0, 0.1) is 0 Å². The van der Waals surface area contributed by atoms with Crippen molar-refractivity contribution in [2.45, 2.75) is 25.0 Å². The van der Waals surface area contributed by atoms with Crippen LogP contribution in [-0.4, -0.2) is 35.6 Å². The smallest absolute Gasteiger partial charge is 0.124 e. The van der Waals surface area contributed by atoms with E-state index in [9.17, 15) is 5.11 Å². The van der Waals surface area contributed by atoms with Crippen LogP contribution in [0.3, 0.4) is 0 Å². The summed E-state index contributed by atoms with van der Waals surface area (Å²) in [6, 6.07) is 8.09. The zero-order valence-electron chi connectivity index (χ0n) is 10.0. The lowest BCUT2D eigenvalue weighted by atomic mass is 9.99. The molecule has 1 aromatic carbocycles. The molecule has 4 heteroatoms. The number of ether oxygens (including phenoxy) is 1. The average Bonchev–Trinajstić information content (AvgIpc) is 2.36. The van der Waals surface area contributed by atoms with Crippen molar-refractivity contribution in [3.8, 4) is 5.75 Å². The van der Waals surface area contributed by atoms with E-state index < -0.39 is 5.60 Å². The zero-order chi connectivity index (χ0) is 12.3. The monoisotopic (exact) mass is 237 g/mol. The van der Waals surface area contributed by atoms with Gasteiger partial charge in [-0.05, 0) is 13.0 Å². The third-order valence-corrected chi connectivity index (χ3v) is 3.03. The Morgan fingerprint density at radius 3 is 3.00 bits per heavy atom. The SMILES string of the molecule is CC(O)(CO)CNC1CCOc2ccccc21. The number of aliphatic hydroxyl groups is 2. The predicted octanol–water partition coefficient (Wildman–Crippen LogP) is 0.843. The van der Waals surface area contributed by atoms with Crippen LogP contribution < -0.4 is 10.1 Å². The summed E-state index contributed by atoms with van der Waals surface area (Å²) >= 11 is 0. The van der Waals surface area contributed by atoms with E-state index in [1.165, 1.54) is 0 Å². The largest absolute Gasteiger partial charge is 0.493 e. The van der Waals surface area contributed by atoms with Crippen molar-refractivity contribution in [1.29, 1.82) is 0 Å². The topological polar surface area (TPSA) is 61.7 Å². The predicted molar refractivity (Wildman–Crippen MR) is 65.0 cm³/mol. The second-order valence-corrected chi connectivity index (χ2v) is 4.76. The minimum atomic E-state index is -1.08. The number of hydrogen-bond acceptors (Lipinski definition) is 4. The molecule has 0 bridgehead atoms. The molecule has 2 unspecified atom stereocenters. The van der Waals surface area contributed by atoms with Crippen LogP contribution in [0.4, 0.5) is 0 Å². The standard InChI is InChI=1S/C13H19NO3/c1-13(16,9-15)8-14-11-6-7-17-12-5-3-2-4-10(11)12/h2-5,11,14-16H,6-9H2,1H3. The third kappa shape index (κ3) is 2.97. The van der Waals surface area contributed by atoms with Crippen LogP contribution >= 0.6 is 0 Å². The van der Waals surface area contributed by atoms with Gasteiger partial charge in [-0.1, -0.05) is 18.2 Å². The molecule has 2 rings (SSSR count). The van der Waals surface area contributed by atoms with Crippen molar-refractivity contribution in [1.82, 2.24) is 5.32 Å². The van der Waals surface area contributed by atoms with E-state index in [2.05, 4.69) is 5.32 Å². The van der Waals surface area contributed by atoms with Crippen LogP contribution in [-0.2, 0) is 0 Å². The van der Waals surface area contributed by atoms with E-state index in [4.69, 9.17) is 9.84 Å². The highest BCUT2D eigenvalue weighted by atomic mass is 16.5. The third-order valence-electron chi connectivity index (χ3n) is 3.03. The molecule has 1 heterocycles. The van der Waals surface area contributed by atoms with Gasteiger partial charge in [0.25, 0.3) is 0 Å². The average molecular weight is 237 g/mol. The maximum absolute atomic E-state index is 9.76. The Labute approximate surface area is 101 Å². The van der Waals surface area contributed by atoms with Crippen molar-refractivity contribution in [3.63, 3.8) is 0 Å². The summed E-state index contributed by atoms with van der Waals surface area (Å²) in [6.07, 6.45) is 0.874. The molecule has 0 saturated heterocycles. The second kappa shape index (κ2) is 5.04. The van der Waals surface area contributed by atoms with Gasteiger partial charge in [0.1, 0.15) is 5.75 Å². The lowest BCUT2D eigenvalue weighted by Gasteiger charge is -2.30. The number of benzene rings is 1. The van der Waals surface area contributed by atoms with Gasteiger partial charge in [-0.3, -0.25) is 0 Å². The van der Waals surface area contributed by atoms with Gasteiger partial charge < -0.3 is 20.3 Å². The first-order chi connectivity index (χ1) is 8.12. The van der Waals surface area contributed by atoms with E-state index in [1.807, 2.05) is 24.3 Å². The summed E-state index contributed by atoms with van der Waals surface area (Å²) < 4.78 is 5.56. The van der Waals surface area contributed by atoms with Crippen molar-refractivity contribution < 1.29 is 14.9 Å². The zero-order valence-corrected chi connectivity index (χ0v) is 10.0. The molecule has 0 amide bonds. The Morgan fingerprint density at radius 1 is 1.47 bits per heavy atom. The Kier molecular flexibility index (Phi) is 3.66. The van der Waals surface area contributed by atoms with E-state index in [0.717, 1.165) is 17.7 Å². The maximum Gasteiger partial charge on any atom is 0.124 e. The fourth-order valence-corrected chi connectivity index (χ4v) is 1.95. The van der Waals surface area contributed by atoms with Gasteiger partial charge in [0.2, 0.25) is 0 Å². The van der Waals surface area contributed by atoms with Crippen LogP contribution in [0.15, 0.2) is 24.3 Å². The minimum absolute atomic E-state index is 0.179. The summed E-state index contributed by atoms with van der Waals surface area (Å²) in [6.45, 7) is 2.41. The molecule has 1 aliphatic rings. The molecule has 0 saturated carbocycles. The maximum atomic E-state index is 9.76. The Balaban J connectivity index is 2.04. The lowest BCUT2D eigenvalue weighted by Crippen LogP contribution is -2.43. The summed E-state index contributed by atoms with van der Waals surface area (Å²) in [5, 5.41) is 22.0. The summed E-state index contributed by atoms with van der Waals surface area (Å²) in [7, 11) is 0. The first-order valence-electron chi connectivity index (χ1n) is 5.91. The van der Waals surface area contributed by atoms with Crippen LogP contribution in [0.1, 0.15) is 24.9 Å². The number of rotatable bonds is 4. The summed E-state index contributed by atoms with van der Waals surface area (Å²) in [5.74, 6) is 0.903. The van der Waals surface area contributed by atoms with Crippen molar-refractivity contribution >= 4 is 0 Å². The quantitative estimate of drug-likeness (QED) is 0.726. The molecule has 2 atom stereocenters. The molecule has 17 heavy (non-hydrogen) atoms. The highest BCUT2D eigenvalue weighted by molar-refractivity contribution is 5.37. The normalized spacial score (nSPS) is 22.4. The van der Waals surface area contributed by atoms with E-state index in [1.54, 1.807) is 6.92 Å². The first kappa shape index (κ1) is 12.4. The van der Waals surface area contributed by atoms with E-state index >= 15 is 0 Å². The number of aliphatic hydroxyl groups excluding tert-OH is 1. The van der Waals surface area contributed by atoms with Crippen molar-refractivity contribution in [3.05, 3.63) is 29.8 Å². The number of hydrogen-bond donors (Lipinski definition) is 3. The molecule has 0 fully saturated rings. The minimum Gasteiger partial charge on any atom is -0.493 e. The van der Waals surface area contributed by atoms with Crippen LogP contribution in [0.2, 0.25) is 0 Å². The molecule has 3 N–H and O–H groups in total. The molecule has 0 aromatic heterocycles. The molecule has 4 nitrogen and oxygen atoms in total. The highest BCUT2D eigenvalue weighted by Gasteiger charge is 2.24. The molecule has 1 aliphatic heterocycles. The van der Waals surface area contributed by atoms with Crippen molar-refractivity contribution in [2.75, 3.05) is 19.8 Å².